The van der Waals surface area contributed by atoms with E-state index in [1.54, 1.807) is 19.0 Å². The molecule has 1 unspecified atom stereocenters. The van der Waals surface area contributed by atoms with Gasteiger partial charge in [-0.05, 0) is 94.7 Å². The van der Waals surface area contributed by atoms with Crippen molar-refractivity contribution >= 4 is 50.5 Å². The van der Waals surface area contributed by atoms with Gasteiger partial charge in [-0.15, -0.1) is 0 Å². The van der Waals surface area contributed by atoms with Crippen LogP contribution in [0.2, 0.25) is 0 Å². The van der Waals surface area contributed by atoms with Crippen molar-refractivity contribution in [3.63, 3.8) is 0 Å². The zero-order valence-electron chi connectivity index (χ0n) is 39.7. The molecule has 0 aromatic heterocycles. The molecule has 0 spiro atoms. The number of rotatable bonds is 44. The minimum atomic E-state index is -3.39. The zero-order chi connectivity index (χ0) is 44.4. The Morgan fingerprint density at radius 1 is 0.583 bits per heavy atom. The van der Waals surface area contributed by atoms with Crippen molar-refractivity contribution in [3.05, 3.63) is 0 Å². The number of guanidine groups is 1. The normalized spacial score (nSPS) is 12.6. The van der Waals surface area contributed by atoms with Crippen molar-refractivity contribution < 1.29 is 27.5 Å². The van der Waals surface area contributed by atoms with E-state index in [1.165, 1.54) is 94.3 Å². The molecule has 356 valence electrons. The van der Waals surface area contributed by atoms with E-state index < -0.39 is 10.0 Å². The summed E-state index contributed by atoms with van der Waals surface area (Å²) in [5.41, 5.74) is 0. The number of sulfonamides is 1. The van der Waals surface area contributed by atoms with Gasteiger partial charge in [-0.3, -0.25) is 19.3 Å². The van der Waals surface area contributed by atoms with Crippen LogP contribution in [-0.2, 0) is 29.1 Å². The lowest BCUT2D eigenvalue weighted by atomic mass is 10.0. The molecule has 0 fully saturated rings. The van der Waals surface area contributed by atoms with Gasteiger partial charge in [-0.25, -0.2) is 8.42 Å². The highest BCUT2D eigenvalue weighted by Crippen LogP contribution is 2.19. The topological polar surface area (TPSA) is 118 Å². The number of halogens is 1. The van der Waals surface area contributed by atoms with Gasteiger partial charge in [-0.2, -0.15) is 0 Å². The number of esters is 2. The van der Waals surface area contributed by atoms with Gasteiger partial charge < -0.3 is 19.3 Å². The van der Waals surface area contributed by atoms with E-state index in [2.05, 4.69) is 51.1 Å². The summed E-state index contributed by atoms with van der Waals surface area (Å²) in [7, 11) is 0.189. The second kappa shape index (κ2) is 43.1. The third kappa shape index (κ3) is 42.2. The molecule has 1 N–H and O–H groups in total. The van der Waals surface area contributed by atoms with E-state index in [0.29, 0.717) is 32.0 Å². The molecule has 0 amide bonds. The lowest BCUT2D eigenvalue weighted by molar-refractivity contribution is -0.150. The molecular weight excluding hydrogens is 888 g/mol. The fourth-order valence-electron chi connectivity index (χ4n) is 7.49. The Hall–Kier alpha value is -1.15. The molecule has 0 radical (unpaired) electrons. The van der Waals surface area contributed by atoms with Crippen LogP contribution in [0.4, 0.5) is 0 Å². The Balaban J connectivity index is 4.64. The predicted molar refractivity (Wildman–Crippen MR) is 264 cm³/mol. The molecule has 0 aromatic rings. The average molecular weight is 983 g/mol. The number of alkyl halides is 1. The van der Waals surface area contributed by atoms with Crippen LogP contribution >= 0.6 is 22.6 Å². The van der Waals surface area contributed by atoms with Gasteiger partial charge in [-0.1, -0.05) is 165 Å². The Morgan fingerprint density at radius 2 is 1.02 bits per heavy atom. The highest BCUT2D eigenvalue weighted by molar-refractivity contribution is 14.1. The van der Waals surface area contributed by atoms with Crippen molar-refractivity contribution in [2.45, 2.75) is 232 Å². The summed E-state index contributed by atoms with van der Waals surface area (Å²) in [6.45, 7) is 8.57. The van der Waals surface area contributed by atoms with Crippen molar-refractivity contribution in [1.29, 1.82) is 0 Å². The predicted octanol–water partition coefficient (Wildman–Crippen LogP) is 12.6. The SMILES string of the molecule is CCCCCCCCCOC(=O)CCCCCCCN(CCCCCCCC(=O)OC(CCCCCCCC)CCCCCCCI)CCCN=C(NS(C)(=O)=O)N(C)C. The van der Waals surface area contributed by atoms with Gasteiger partial charge in [0.05, 0.1) is 12.9 Å². The zero-order valence-corrected chi connectivity index (χ0v) is 42.7. The minimum absolute atomic E-state index is 0.00683. The van der Waals surface area contributed by atoms with E-state index in [0.717, 1.165) is 135 Å². The Kier molecular flexibility index (Phi) is 42.3. The number of ether oxygens (including phenoxy) is 2. The molecule has 0 saturated carbocycles. The van der Waals surface area contributed by atoms with Crippen molar-refractivity contribution in [2.24, 2.45) is 4.99 Å². The summed E-state index contributed by atoms with van der Waals surface area (Å²) in [6.07, 6.45) is 38.2. The molecule has 0 aliphatic heterocycles. The largest absolute Gasteiger partial charge is 0.466 e. The van der Waals surface area contributed by atoms with E-state index >= 15 is 0 Å². The monoisotopic (exact) mass is 983 g/mol. The minimum Gasteiger partial charge on any atom is -0.466 e. The van der Waals surface area contributed by atoms with Gasteiger partial charge in [0.15, 0.2) is 0 Å². The third-order valence-electron chi connectivity index (χ3n) is 11.2. The highest BCUT2D eigenvalue weighted by atomic mass is 127. The van der Waals surface area contributed by atoms with E-state index in [1.807, 2.05) is 0 Å². The van der Waals surface area contributed by atoms with Crippen molar-refractivity contribution in [3.8, 4) is 0 Å². The smallest absolute Gasteiger partial charge is 0.306 e. The number of nitrogens with one attached hydrogen (secondary N) is 1. The molecule has 10 nitrogen and oxygen atoms in total. The maximum absolute atomic E-state index is 12.9. The van der Waals surface area contributed by atoms with Crippen LogP contribution in [0.15, 0.2) is 4.99 Å². The first kappa shape index (κ1) is 58.9. The Labute approximate surface area is 384 Å². The maximum Gasteiger partial charge on any atom is 0.306 e. The fraction of sp³-hybridized carbons (Fsp3) is 0.938. The average Bonchev–Trinajstić information content (AvgIpc) is 3.20. The third-order valence-corrected chi connectivity index (χ3v) is 12.5. The summed E-state index contributed by atoms with van der Waals surface area (Å²) < 4.78 is 38.8. The number of carbonyl (C=O) groups excluding carboxylic acids is 2. The number of aliphatic imine (C=N–C) groups is 1. The molecule has 0 rings (SSSR count). The van der Waals surface area contributed by atoms with Gasteiger partial charge >= 0.3 is 11.9 Å². The number of hydrogen-bond acceptors (Lipinski definition) is 8. The van der Waals surface area contributed by atoms with Gasteiger partial charge in [0.25, 0.3) is 0 Å². The molecular formula is C48H95IN4O6S. The van der Waals surface area contributed by atoms with Crippen molar-refractivity contribution in [2.75, 3.05) is 57.6 Å². The maximum atomic E-state index is 12.9. The van der Waals surface area contributed by atoms with Crippen LogP contribution in [0.1, 0.15) is 226 Å². The van der Waals surface area contributed by atoms with E-state index in [-0.39, 0.29) is 18.0 Å². The molecule has 0 aliphatic carbocycles. The first-order valence-corrected chi connectivity index (χ1v) is 28.3. The number of carbonyl (C=O) groups is 2. The van der Waals surface area contributed by atoms with Gasteiger partial charge in [0.2, 0.25) is 16.0 Å². The molecule has 60 heavy (non-hydrogen) atoms. The number of hydrogen-bond donors (Lipinski definition) is 1. The first-order chi connectivity index (χ1) is 29.0. The Morgan fingerprint density at radius 3 is 1.52 bits per heavy atom. The lowest BCUT2D eigenvalue weighted by Gasteiger charge is -2.22. The molecule has 1 atom stereocenters. The summed E-state index contributed by atoms with van der Waals surface area (Å²) in [6, 6.07) is 0. The molecule has 0 aromatic carbocycles. The second-order valence-corrected chi connectivity index (χ2v) is 20.3. The molecule has 0 aliphatic rings. The molecule has 0 heterocycles. The Bertz CT molecular complexity index is 1110. The summed E-state index contributed by atoms with van der Waals surface area (Å²) in [4.78, 5) is 33.8. The molecule has 0 saturated heterocycles. The van der Waals surface area contributed by atoms with Crippen LogP contribution in [0, 0.1) is 0 Å². The first-order valence-electron chi connectivity index (χ1n) is 24.8. The van der Waals surface area contributed by atoms with E-state index in [9.17, 15) is 18.0 Å². The fourth-order valence-corrected chi connectivity index (χ4v) is 8.61. The van der Waals surface area contributed by atoms with Crippen LogP contribution < -0.4 is 4.72 Å². The van der Waals surface area contributed by atoms with Gasteiger partial charge in [0, 0.05) is 33.5 Å². The number of unbranched alkanes of at least 4 members (excludes halogenated alkanes) is 23. The van der Waals surface area contributed by atoms with Crippen LogP contribution in [0.5, 0.6) is 0 Å². The van der Waals surface area contributed by atoms with Crippen molar-refractivity contribution in [1.82, 2.24) is 14.5 Å². The lowest BCUT2D eigenvalue weighted by Crippen LogP contribution is -2.39. The summed E-state index contributed by atoms with van der Waals surface area (Å²) in [5, 5.41) is 0. The van der Waals surface area contributed by atoms with E-state index in [4.69, 9.17) is 9.47 Å². The molecule has 0 bridgehead atoms. The van der Waals surface area contributed by atoms with Gasteiger partial charge in [0.1, 0.15) is 6.10 Å². The quantitative estimate of drug-likeness (QED) is 0.0160. The standard InChI is InChI=1S/C48H95IN4O6S/c1-6-8-10-12-14-25-33-44-58-46(54)37-28-20-16-23-31-41-53(43-34-40-50-48(52(3)4)51-60(5,56)57)42-32-24-17-21-29-38-47(55)59-45(35-26-18-13-11-9-7-2)36-27-19-15-22-30-39-49/h45H,6-44H2,1-5H3,(H,50,51). The second-order valence-electron chi connectivity index (χ2n) is 17.5. The van der Waals surface area contributed by atoms with Crippen LogP contribution in [0.3, 0.4) is 0 Å². The highest BCUT2D eigenvalue weighted by Gasteiger charge is 2.15. The van der Waals surface area contributed by atoms with Crippen LogP contribution in [0.25, 0.3) is 0 Å². The van der Waals surface area contributed by atoms with Crippen LogP contribution in [-0.4, -0.2) is 99.8 Å². The summed E-state index contributed by atoms with van der Waals surface area (Å²) >= 11 is 2.46. The summed E-state index contributed by atoms with van der Waals surface area (Å²) in [5.74, 6) is 0.304. The number of nitrogens with zero attached hydrogens (tertiary/aromatic N) is 3. The molecule has 12 heteroatoms.